The fraction of sp³-hybridized carbons (Fsp3) is 0.647. The normalized spacial score (nSPS) is 23.1. The summed E-state index contributed by atoms with van der Waals surface area (Å²) in [7, 11) is 0. The lowest BCUT2D eigenvalue weighted by Crippen LogP contribution is -2.60. The van der Waals surface area contributed by atoms with E-state index in [9.17, 15) is 4.39 Å². The minimum absolute atomic E-state index is 0.117. The van der Waals surface area contributed by atoms with E-state index in [2.05, 4.69) is 17.1 Å². The van der Waals surface area contributed by atoms with Gasteiger partial charge in [0.15, 0.2) is 0 Å². The van der Waals surface area contributed by atoms with Gasteiger partial charge in [0.05, 0.1) is 0 Å². The lowest BCUT2D eigenvalue weighted by Gasteiger charge is -2.46. The molecule has 0 aromatic heterocycles. The van der Waals surface area contributed by atoms with Crippen LogP contribution in [-0.2, 0) is 6.54 Å². The molecule has 1 aliphatic carbocycles. The van der Waals surface area contributed by atoms with Crippen molar-refractivity contribution in [2.24, 2.45) is 0 Å². The summed E-state index contributed by atoms with van der Waals surface area (Å²) in [6, 6.07) is 5.15. The first-order valence-corrected chi connectivity index (χ1v) is 7.89. The van der Waals surface area contributed by atoms with Gasteiger partial charge in [0.1, 0.15) is 5.82 Å². The molecule has 2 fully saturated rings. The van der Waals surface area contributed by atoms with Gasteiger partial charge in [-0.25, -0.2) is 4.39 Å². The van der Waals surface area contributed by atoms with Gasteiger partial charge < -0.3 is 5.32 Å². The smallest absolute Gasteiger partial charge is 0.123 e. The van der Waals surface area contributed by atoms with E-state index in [0.29, 0.717) is 5.54 Å². The predicted octanol–water partition coefficient (Wildman–Crippen LogP) is 3.24. The monoisotopic (exact) mass is 276 g/mol. The number of nitrogens with one attached hydrogen (secondary N) is 1. The molecule has 3 heteroatoms. The summed E-state index contributed by atoms with van der Waals surface area (Å²) in [6.45, 7) is 6.20. The van der Waals surface area contributed by atoms with Gasteiger partial charge in [0.25, 0.3) is 0 Å². The molecule has 1 aromatic rings. The first kappa shape index (κ1) is 14.0. The van der Waals surface area contributed by atoms with Gasteiger partial charge in [-0.3, -0.25) is 4.90 Å². The molecule has 3 rings (SSSR count). The lowest BCUT2D eigenvalue weighted by atomic mass is 9.80. The van der Waals surface area contributed by atoms with Crippen LogP contribution in [0.2, 0.25) is 0 Å². The second-order valence-corrected chi connectivity index (χ2v) is 6.55. The minimum Gasteiger partial charge on any atom is -0.309 e. The predicted molar refractivity (Wildman–Crippen MR) is 80.2 cm³/mol. The third kappa shape index (κ3) is 3.04. The summed E-state index contributed by atoms with van der Waals surface area (Å²) in [4.78, 5) is 2.50. The Morgan fingerprint density at radius 3 is 2.85 bits per heavy atom. The highest BCUT2D eigenvalue weighted by Gasteiger charge is 2.35. The molecule has 1 spiro atoms. The maximum atomic E-state index is 13.4. The number of benzene rings is 1. The molecule has 1 aromatic carbocycles. The van der Waals surface area contributed by atoms with Crippen molar-refractivity contribution in [3.8, 4) is 0 Å². The lowest BCUT2D eigenvalue weighted by molar-refractivity contribution is 0.0943. The van der Waals surface area contributed by atoms with Crippen LogP contribution in [0.5, 0.6) is 0 Å². The van der Waals surface area contributed by atoms with Crippen LogP contribution in [0, 0.1) is 12.7 Å². The Hall–Kier alpha value is -0.930. The van der Waals surface area contributed by atoms with Crippen LogP contribution in [0.1, 0.15) is 43.2 Å². The summed E-state index contributed by atoms with van der Waals surface area (Å²) < 4.78 is 13.4. The Morgan fingerprint density at radius 1 is 1.25 bits per heavy atom. The van der Waals surface area contributed by atoms with E-state index >= 15 is 0 Å². The number of hydrogen-bond donors (Lipinski definition) is 1. The SMILES string of the molecule is Cc1ccc(F)cc1CN1CCNC2(CCCCC2)C1. The van der Waals surface area contributed by atoms with Crippen molar-refractivity contribution >= 4 is 0 Å². The topological polar surface area (TPSA) is 15.3 Å². The standard InChI is InChI=1S/C17H25FN2/c1-14-5-6-16(18)11-15(14)12-20-10-9-19-17(13-20)7-3-2-4-8-17/h5-6,11,19H,2-4,7-10,12-13H2,1H3. The van der Waals surface area contributed by atoms with Crippen molar-refractivity contribution in [3.05, 3.63) is 35.1 Å². The molecule has 110 valence electrons. The largest absolute Gasteiger partial charge is 0.309 e. The Balaban J connectivity index is 1.69. The van der Waals surface area contributed by atoms with E-state index in [1.54, 1.807) is 12.1 Å². The van der Waals surface area contributed by atoms with Crippen LogP contribution in [0.4, 0.5) is 4.39 Å². The zero-order chi connectivity index (χ0) is 14.0. The zero-order valence-corrected chi connectivity index (χ0v) is 12.4. The molecule has 20 heavy (non-hydrogen) atoms. The third-order valence-corrected chi connectivity index (χ3v) is 4.97. The number of piperazine rings is 1. The first-order valence-electron chi connectivity index (χ1n) is 7.89. The van der Waals surface area contributed by atoms with Crippen LogP contribution in [0.3, 0.4) is 0 Å². The molecule has 1 N–H and O–H groups in total. The van der Waals surface area contributed by atoms with Crippen molar-refractivity contribution in [2.45, 2.75) is 51.1 Å². The number of nitrogens with zero attached hydrogens (tertiary/aromatic N) is 1. The molecule has 0 unspecified atom stereocenters. The molecule has 0 radical (unpaired) electrons. The Labute approximate surface area is 121 Å². The van der Waals surface area contributed by atoms with Gasteiger partial charge in [-0.05, 0) is 43.0 Å². The van der Waals surface area contributed by atoms with Crippen LogP contribution >= 0.6 is 0 Å². The van der Waals surface area contributed by atoms with E-state index in [1.807, 2.05) is 6.07 Å². The molecule has 2 aliphatic rings. The van der Waals surface area contributed by atoms with Gasteiger partial charge in [-0.2, -0.15) is 0 Å². The van der Waals surface area contributed by atoms with Crippen LogP contribution < -0.4 is 5.32 Å². The highest BCUT2D eigenvalue weighted by atomic mass is 19.1. The van der Waals surface area contributed by atoms with Crippen molar-refractivity contribution in [2.75, 3.05) is 19.6 Å². The number of aryl methyl sites for hydroxylation is 1. The molecule has 1 heterocycles. The third-order valence-electron chi connectivity index (χ3n) is 4.97. The zero-order valence-electron chi connectivity index (χ0n) is 12.4. The van der Waals surface area contributed by atoms with Gasteiger partial charge in [-0.1, -0.05) is 25.3 Å². The van der Waals surface area contributed by atoms with Crippen LogP contribution in [0.25, 0.3) is 0 Å². The molecule has 0 bridgehead atoms. The molecule has 1 saturated carbocycles. The van der Waals surface area contributed by atoms with Gasteiger partial charge in [-0.15, -0.1) is 0 Å². The van der Waals surface area contributed by atoms with Gasteiger partial charge in [0, 0.05) is 31.7 Å². The number of hydrogen-bond acceptors (Lipinski definition) is 2. The highest BCUT2D eigenvalue weighted by Crippen LogP contribution is 2.31. The maximum absolute atomic E-state index is 13.4. The summed E-state index contributed by atoms with van der Waals surface area (Å²) in [6.07, 6.45) is 6.67. The van der Waals surface area contributed by atoms with Crippen LogP contribution in [-0.4, -0.2) is 30.1 Å². The second kappa shape index (κ2) is 5.82. The van der Waals surface area contributed by atoms with E-state index in [1.165, 1.54) is 37.7 Å². The van der Waals surface area contributed by atoms with E-state index < -0.39 is 0 Å². The Kier molecular flexibility index (Phi) is 4.08. The maximum Gasteiger partial charge on any atom is 0.123 e. The number of rotatable bonds is 2. The summed E-state index contributed by atoms with van der Waals surface area (Å²) in [5.41, 5.74) is 2.66. The van der Waals surface area contributed by atoms with Crippen LogP contribution in [0.15, 0.2) is 18.2 Å². The Bertz CT molecular complexity index is 461. The first-order chi connectivity index (χ1) is 9.67. The second-order valence-electron chi connectivity index (χ2n) is 6.55. The molecule has 0 atom stereocenters. The van der Waals surface area contributed by atoms with Crippen molar-refractivity contribution in [1.29, 1.82) is 0 Å². The molecule has 1 saturated heterocycles. The van der Waals surface area contributed by atoms with Gasteiger partial charge in [0.2, 0.25) is 0 Å². The summed E-state index contributed by atoms with van der Waals surface area (Å²) in [5.74, 6) is -0.117. The summed E-state index contributed by atoms with van der Waals surface area (Å²) in [5, 5.41) is 3.76. The molecule has 1 aliphatic heterocycles. The average Bonchev–Trinajstić information content (AvgIpc) is 2.44. The molecular weight excluding hydrogens is 251 g/mol. The quantitative estimate of drug-likeness (QED) is 0.892. The Morgan fingerprint density at radius 2 is 2.05 bits per heavy atom. The fourth-order valence-electron chi connectivity index (χ4n) is 3.79. The molecule has 2 nitrogen and oxygen atoms in total. The summed E-state index contributed by atoms with van der Waals surface area (Å²) >= 11 is 0. The minimum atomic E-state index is -0.117. The highest BCUT2D eigenvalue weighted by molar-refractivity contribution is 5.26. The fourth-order valence-corrected chi connectivity index (χ4v) is 3.79. The van der Waals surface area contributed by atoms with E-state index in [4.69, 9.17) is 0 Å². The average molecular weight is 276 g/mol. The van der Waals surface area contributed by atoms with E-state index in [0.717, 1.165) is 31.7 Å². The van der Waals surface area contributed by atoms with Gasteiger partial charge >= 0.3 is 0 Å². The van der Waals surface area contributed by atoms with Crippen molar-refractivity contribution in [1.82, 2.24) is 10.2 Å². The van der Waals surface area contributed by atoms with Crippen molar-refractivity contribution in [3.63, 3.8) is 0 Å². The number of halogens is 1. The molecular formula is C17H25FN2. The van der Waals surface area contributed by atoms with E-state index in [-0.39, 0.29) is 5.82 Å². The van der Waals surface area contributed by atoms with Crippen molar-refractivity contribution < 1.29 is 4.39 Å². The molecule has 0 amide bonds.